The molecule has 0 saturated carbocycles. The second-order valence-electron chi connectivity index (χ2n) is 6.98. The number of morpholine rings is 1. The first kappa shape index (κ1) is 23.7. The fourth-order valence-corrected chi connectivity index (χ4v) is 5.49. The maximum absolute atomic E-state index is 12.4. The summed E-state index contributed by atoms with van der Waals surface area (Å²) >= 11 is 6.69. The Morgan fingerprint density at radius 2 is 2.06 bits per heavy atom. The van der Waals surface area contributed by atoms with Gasteiger partial charge < -0.3 is 19.1 Å². The van der Waals surface area contributed by atoms with Crippen molar-refractivity contribution in [2.24, 2.45) is 10.1 Å². The SMILES string of the molecule is CN=c1scc(-c2ccc(Br)s2)n1N=Cc1ccc(OCC(=O)N2CCOCC2)c(OC)c1. The molecule has 0 radical (unpaired) electrons. The summed E-state index contributed by atoms with van der Waals surface area (Å²) in [4.78, 5) is 20.3. The Balaban J connectivity index is 1.50. The number of carbonyl (C=O) groups is 1. The molecule has 0 N–H and O–H groups in total. The summed E-state index contributed by atoms with van der Waals surface area (Å²) in [7, 11) is 3.32. The number of methoxy groups -OCH3 is 1. The van der Waals surface area contributed by atoms with E-state index < -0.39 is 0 Å². The first-order valence-electron chi connectivity index (χ1n) is 10.2. The van der Waals surface area contributed by atoms with E-state index in [4.69, 9.17) is 14.2 Å². The summed E-state index contributed by atoms with van der Waals surface area (Å²) in [5, 5.41) is 6.71. The number of halogens is 1. The van der Waals surface area contributed by atoms with Crippen LogP contribution in [0, 0.1) is 0 Å². The molecule has 1 aliphatic heterocycles. The van der Waals surface area contributed by atoms with Crippen LogP contribution in [-0.2, 0) is 9.53 Å². The van der Waals surface area contributed by atoms with E-state index in [2.05, 4.69) is 32.1 Å². The van der Waals surface area contributed by atoms with Crippen LogP contribution in [0.1, 0.15) is 5.56 Å². The van der Waals surface area contributed by atoms with E-state index in [-0.39, 0.29) is 12.5 Å². The van der Waals surface area contributed by atoms with Crippen molar-refractivity contribution in [3.8, 4) is 22.1 Å². The monoisotopic (exact) mass is 550 g/mol. The van der Waals surface area contributed by atoms with Crippen LogP contribution in [0.4, 0.5) is 0 Å². The zero-order chi connectivity index (χ0) is 23.2. The molecule has 3 aromatic rings. The van der Waals surface area contributed by atoms with Crippen LogP contribution in [0.2, 0.25) is 0 Å². The van der Waals surface area contributed by atoms with E-state index in [1.807, 2.05) is 28.3 Å². The summed E-state index contributed by atoms with van der Waals surface area (Å²) in [5.41, 5.74) is 1.80. The van der Waals surface area contributed by atoms with Gasteiger partial charge in [-0.1, -0.05) is 0 Å². The Morgan fingerprint density at radius 3 is 2.76 bits per heavy atom. The first-order chi connectivity index (χ1) is 16.1. The quantitative estimate of drug-likeness (QED) is 0.420. The Morgan fingerprint density at radius 1 is 1.24 bits per heavy atom. The average Bonchev–Trinajstić information content (AvgIpc) is 3.47. The van der Waals surface area contributed by atoms with Crippen LogP contribution in [0.3, 0.4) is 0 Å². The van der Waals surface area contributed by atoms with Gasteiger partial charge in [-0.3, -0.25) is 9.79 Å². The van der Waals surface area contributed by atoms with Crippen LogP contribution in [-0.4, -0.2) is 68.8 Å². The number of hydrogen-bond donors (Lipinski definition) is 0. The van der Waals surface area contributed by atoms with Crippen molar-refractivity contribution in [2.45, 2.75) is 0 Å². The van der Waals surface area contributed by atoms with Gasteiger partial charge in [-0.05, 0) is 51.8 Å². The fraction of sp³-hybridized carbons (Fsp3) is 0.318. The molecule has 1 aromatic carbocycles. The third-order valence-corrected chi connectivity index (χ3v) is 7.48. The van der Waals surface area contributed by atoms with Crippen LogP contribution in [0.5, 0.6) is 11.5 Å². The molecule has 1 aliphatic rings. The van der Waals surface area contributed by atoms with Gasteiger partial charge in [0.05, 0.1) is 40.9 Å². The third kappa shape index (κ3) is 5.72. The maximum atomic E-state index is 12.4. The summed E-state index contributed by atoms with van der Waals surface area (Å²) in [5.74, 6) is 0.975. The highest BCUT2D eigenvalue weighted by atomic mass is 79.9. The van der Waals surface area contributed by atoms with E-state index in [9.17, 15) is 4.79 Å². The lowest BCUT2D eigenvalue weighted by molar-refractivity contribution is -0.137. The van der Waals surface area contributed by atoms with Gasteiger partial charge in [-0.15, -0.1) is 22.7 Å². The highest BCUT2D eigenvalue weighted by molar-refractivity contribution is 9.11. The number of ether oxygens (including phenoxy) is 3. The van der Waals surface area contributed by atoms with E-state index in [1.54, 1.807) is 42.7 Å². The summed E-state index contributed by atoms with van der Waals surface area (Å²) < 4.78 is 19.4. The van der Waals surface area contributed by atoms with Gasteiger partial charge >= 0.3 is 0 Å². The van der Waals surface area contributed by atoms with E-state index >= 15 is 0 Å². The molecular formula is C22H23BrN4O4S2. The van der Waals surface area contributed by atoms with Gasteiger partial charge in [-0.25, -0.2) is 4.68 Å². The highest BCUT2D eigenvalue weighted by Gasteiger charge is 2.18. The van der Waals surface area contributed by atoms with E-state index in [0.29, 0.717) is 37.8 Å². The molecule has 11 heteroatoms. The van der Waals surface area contributed by atoms with Gasteiger partial charge in [-0.2, -0.15) is 5.10 Å². The van der Waals surface area contributed by atoms with Crippen molar-refractivity contribution >= 4 is 50.7 Å². The Kier molecular flexibility index (Phi) is 7.97. The molecule has 174 valence electrons. The molecule has 2 aromatic heterocycles. The van der Waals surface area contributed by atoms with Crippen LogP contribution < -0.4 is 14.3 Å². The zero-order valence-electron chi connectivity index (χ0n) is 18.2. The number of thiazole rings is 1. The normalized spacial score (nSPS) is 14.8. The Bertz CT molecular complexity index is 1210. The largest absolute Gasteiger partial charge is 0.493 e. The molecule has 0 atom stereocenters. The van der Waals surface area contributed by atoms with Crippen LogP contribution >= 0.6 is 38.6 Å². The molecule has 33 heavy (non-hydrogen) atoms. The predicted octanol–water partition coefficient (Wildman–Crippen LogP) is 3.70. The fourth-order valence-electron chi connectivity index (χ4n) is 3.24. The maximum Gasteiger partial charge on any atom is 0.260 e. The molecule has 0 aliphatic carbocycles. The number of aromatic nitrogens is 1. The molecule has 0 unspecified atom stereocenters. The summed E-state index contributed by atoms with van der Waals surface area (Å²) in [6.07, 6.45) is 1.75. The van der Waals surface area contributed by atoms with Crippen LogP contribution in [0.15, 0.2) is 49.6 Å². The first-order valence-corrected chi connectivity index (χ1v) is 12.7. The lowest BCUT2D eigenvalue weighted by Gasteiger charge is -2.26. The van der Waals surface area contributed by atoms with Crippen molar-refractivity contribution in [1.29, 1.82) is 0 Å². The minimum atomic E-state index is -0.0663. The molecule has 3 heterocycles. The highest BCUT2D eigenvalue weighted by Crippen LogP contribution is 2.32. The predicted molar refractivity (Wildman–Crippen MR) is 134 cm³/mol. The number of thiophene rings is 1. The molecule has 8 nitrogen and oxygen atoms in total. The number of amides is 1. The minimum Gasteiger partial charge on any atom is -0.493 e. The lowest BCUT2D eigenvalue weighted by Crippen LogP contribution is -2.43. The molecule has 1 fully saturated rings. The number of nitrogens with zero attached hydrogens (tertiary/aromatic N) is 4. The molecular weight excluding hydrogens is 528 g/mol. The third-order valence-electron chi connectivity index (χ3n) is 4.93. The molecule has 4 rings (SSSR count). The Labute approximate surface area is 207 Å². The molecule has 0 bridgehead atoms. The van der Waals surface area contributed by atoms with Gasteiger partial charge in [0.15, 0.2) is 18.1 Å². The number of rotatable bonds is 7. The molecule has 1 saturated heterocycles. The number of benzene rings is 1. The minimum absolute atomic E-state index is 0.0460. The van der Waals surface area contributed by atoms with Crippen molar-refractivity contribution in [3.05, 3.63) is 49.9 Å². The molecule has 0 spiro atoms. The zero-order valence-corrected chi connectivity index (χ0v) is 21.4. The standard InChI is InChI=1S/C22H23BrN4O4S2/c1-24-22-27(16(14-32-22)19-5-6-20(23)33-19)25-12-15-3-4-17(18(11-15)29-2)31-13-21(28)26-7-9-30-10-8-26/h3-6,11-12,14H,7-10,13H2,1-2H3. The van der Waals surface area contributed by atoms with E-state index in [1.165, 1.54) is 11.3 Å². The van der Waals surface area contributed by atoms with Crippen molar-refractivity contribution < 1.29 is 19.0 Å². The van der Waals surface area contributed by atoms with E-state index in [0.717, 1.165) is 24.7 Å². The second kappa shape index (κ2) is 11.1. The summed E-state index contributed by atoms with van der Waals surface area (Å²) in [6, 6.07) is 9.55. The van der Waals surface area contributed by atoms with Crippen LogP contribution in [0.25, 0.3) is 10.6 Å². The van der Waals surface area contributed by atoms with Crippen molar-refractivity contribution in [1.82, 2.24) is 9.58 Å². The summed E-state index contributed by atoms with van der Waals surface area (Å²) in [6.45, 7) is 2.25. The van der Waals surface area contributed by atoms with Gasteiger partial charge in [0.2, 0.25) is 4.80 Å². The number of carbonyl (C=O) groups excluding carboxylic acids is 1. The molecule has 1 amide bonds. The van der Waals surface area contributed by atoms with Crippen molar-refractivity contribution in [3.63, 3.8) is 0 Å². The van der Waals surface area contributed by atoms with Crippen molar-refractivity contribution in [2.75, 3.05) is 47.1 Å². The number of hydrogen-bond acceptors (Lipinski definition) is 8. The van der Waals surface area contributed by atoms with Gasteiger partial charge in [0, 0.05) is 25.5 Å². The average molecular weight is 551 g/mol. The Hall–Kier alpha value is -2.47. The lowest BCUT2D eigenvalue weighted by atomic mass is 10.2. The smallest absolute Gasteiger partial charge is 0.260 e. The van der Waals surface area contributed by atoms with Gasteiger partial charge in [0.25, 0.3) is 5.91 Å². The topological polar surface area (TPSA) is 77.7 Å². The second-order valence-corrected chi connectivity index (χ2v) is 10.3. The van der Waals surface area contributed by atoms with Gasteiger partial charge in [0.1, 0.15) is 0 Å².